The summed E-state index contributed by atoms with van der Waals surface area (Å²) in [6.07, 6.45) is 2.76. The number of hydrogen-bond acceptors (Lipinski definition) is 9. The Balaban J connectivity index is 1.77. The average Bonchev–Trinajstić information content (AvgIpc) is 3.51. The molecule has 1 saturated heterocycles. The number of thiazole rings is 1. The van der Waals surface area contributed by atoms with Crippen LogP contribution in [0.3, 0.4) is 0 Å². The van der Waals surface area contributed by atoms with E-state index in [4.69, 9.17) is 14.2 Å². The number of aromatic nitrogens is 1. The van der Waals surface area contributed by atoms with Gasteiger partial charge in [-0.15, -0.1) is 0 Å². The molecule has 0 bridgehead atoms. The van der Waals surface area contributed by atoms with Crippen LogP contribution in [0.15, 0.2) is 54.1 Å². The Labute approximate surface area is 256 Å². The second-order valence-corrected chi connectivity index (χ2v) is 11.7. The van der Waals surface area contributed by atoms with Crippen LogP contribution in [0.1, 0.15) is 79.5 Å². The van der Waals surface area contributed by atoms with Crippen molar-refractivity contribution in [3.05, 3.63) is 75.8 Å². The zero-order valence-electron chi connectivity index (χ0n) is 25.2. The Morgan fingerprint density at radius 3 is 2.21 bits per heavy atom. The first-order valence-corrected chi connectivity index (χ1v) is 15.4. The molecule has 43 heavy (non-hydrogen) atoms. The van der Waals surface area contributed by atoms with Crippen LogP contribution in [-0.2, 0) is 14.3 Å². The number of aliphatic hydroxyl groups is 1. The number of carbonyl (C=O) groups excluding carboxylic acids is 3. The van der Waals surface area contributed by atoms with Crippen LogP contribution in [0, 0.1) is 12.8 Å². The van der Waals surface area contributed by atoms with Gasteiger partial charge in [0.05, 0.1) is 37.1 Å². The Morgan fingerprint density at radius 1 is 0.977 bits per heavy atom. The smallest absolute Gasteiger partial charge is 0.350 e. The Hall–Kier alpha value is -4.18. The highest BCUT2D eigenvalue weighted by molar-refractivity contribution is 7.17. The number of nitrogens with zero attached hydrogens (tertiary/aromatic N) is 2. The van der Waals surface area contributed by atoms with E-state index in [0.29, 0.717) is 41.5 Å². The van der Waals surface area contributed by atoms with E-state index in [1.165, 1.54) is 4.90 Å². The molecule has 1 aliphatic heterocycles. The minimum Gasteiger partial charge on any atom is -0.507 e. The van der Waals surface area contributed by atoms with Crippen molar-refractivity contribution in [2.45, 2.75) is 59.9 Å². The highest BCUT2D eigenvalue weighted by Gasteiger charge is 2.48. The van der Waals surface area contributed by atoms with Crippen LogP contribution >= 0.6 is 11.3 Å². The molecule has 0 aliphatic carbocycles. The third kappa shape index (κ3) is 7.25. The quantitative estimate of drug-likeness (QED) is 0.0738. The highest BCUT2D eigenvalue weighted by Crippen LogP contribution is 2.44. The van der Waals surface area contributed by atoms with E-state index in [1.54, 1.807) is 55.5 Å². The number of rotatable bonds is 13. The van der Waals surface area contributed by atoms with Gasteiger partial charge in [0.1, 0.15) is 22.1 Å². The molecule has 0 saturated carbocycles. The Morgan fingerprint density at radius 2 is 1.60 bits per heavy atom. The van der Waals surface area contributed by atoms with Gasteiger partial charge in [-0.2, -0.15) is 0 Å². The van der Waals surface area contributed by atoms with Crippen molar-refractivity contribution in [3.8, 4) is 11.5 Å². The lowest BCUT2D eigenvalue weighted by atomic mass is 9.95. The summed E-state index contributed by atoms with van der Waals surface area (Å²) in [6, 6.07) is 12.8. The molecule has 1 N–H and O–H groups in total. The first kappa shape index (κ1) is 31.7. The van der Waals surface area contributed by atoms with Crippen molar-refractivity contribution in [3.63, 3.8) is 0 Å². The number of Topliss-reactive ketones (excluding diaryl/α,β-unsaturated/α-hetero) is 1. The summed E-state index contributed by atoms with van der Waals surface area (Å²) >= 11 is 0.978. The van der Waals surface area contributed by atoms with Crippen LogP contribution < -0.4 is 14.4 Å². The van der Waals surface area contributed by atoms with Crippen molar-refractivity contribution >= 4 is 39.9 Å². The number of unbranched alkanes of at least 4 members (excludes halogenated alkanes) is 1. The second-order valence-electron chi connectivity index (χ2n) is 10.7. The monoisotopic (exact) mass is 606 g/mol. The summed E-state index contributed by atoms with van der Waals surface area (Å²) in [5.41, 5.74) is 1.24. The van der Waals surface area contributed by atoms with Crippen LogP contribution in [0.5, 0.6) is 11.5 Å². The van der Waals surface area contributed by atoms with Gasteiger partial charge in [-0.1, -0.05) is 57.6 Å². The minimum absolute atomic E-state index is 0.0799. The first-order chi connectivity index (χ1) is 20.7. The summed E-state index contributed by atoms with van der Waals surface area (Å²) in [7, 11) is 0. The molecule has 9 nitrogen and oxygen atoms in total. The summed E-state index contributed by atoms with van der Waals surface area (Å²) in [4.78, 5) is 45.9. The van der Waals surface area contributed by atoms with Crippen LogP contribution in [-0.4, -0.2) is 47.6 Å². The molecule has 0 radical (unpaired) electrons. The Kier molecular flexibility index (Phi) is 10.6. The number of aliphatic hydroxyl groups excluding tert-OH is 1. The lowest BCUT2D eigenvalue weighted by molar-refractivity contribution is -0.132. The van der Waals surface area contributed by atoms with Gasteiger partial charge in [-0.3, -0.25) is 14.5 Å². The minimum atomic E-state index is -0.995. The van der Waals surface area contributed by atoms with Crippen LogP contribution in [0.25, 0.3) is 5.76 Å². The lowest BCUT2D eigenvalue weighted by Crippen LogP contribution is -2.29. The van der Waals surface area contributed by atoms with E-state index in [9.17, 15) is 19.5 Å². The van der Waals surface area contributed by atoms with Gasteiger partial charge in [-0.05, 0) is 67.6 Å². The molecule has 1 amide bonds. The molecule has 1 aliphatic rings. The zero-order chi connectivity index (χ0) is 31.1. The van der Waals surface area contributed by atoms with Crippen molar-refractivity contribution in [1.82, 2.24) is 4.98 Å². The topological polar surface area (TPSA) is 115 Å². The van der Waals surface area contributed by atoms with E-state index in [0.717, 1.165) is 30.6 Å². The average molecular weight is 607 g/mol. The molecule has 228 valence electrons. The third-order valence-corrected chi connectivity index (χ3v) is 7.87. The van der Waals surface area contributed by atoms with Crippen molar-refractivity contribution in [1.29, 1.82) is 0 Å². The van der Waals surface area contributed by atoms with Gasteiger partial charge in [0, 0.05) is 5.56 Å². The number of aryl methyl sites for hydroxylation is 1. The van der Waals surface area contributed by atoms with E-state index < -0.39 is 23.7 Å². The molecule has 0 unspecified atom stereocenters. The molecule has 2 heterocycles. The first-order valence-electron chi connectivity index (χ1n) is 14.6. The van der Waals surface area contributed by atoms with Crippen molar-refractivity contribution < 1.29 is 33.7 Å². The fourth-order valence-corrected chi connectivity index (χ4v) is 5.48. The van der Waals surface area contributed by atoms with Gasteiger partial charge < -0.3 is 19.3 Å². The number of hydrogen-bond donors (Lipinski definition) is 1. The maximum atomic E-state index is 13.6. The molecule has 3 aromatic rings. The number of esters is 1. The summed E-state index contributed by atoms with van der Waals surface area (Å²) in [6.45, 7) is 11.0. The molecular formula is C33H38N2O7S. The number of ether oxygens (including phenoxy) is 3. The molecule has 1 fully saturated rings. The Bertz CT molecular complexity index is 1480. The lowest BCUT2D eigenvalue weighted by Gasteiger charge is -2.23. The molecular weight excluding hydrogens is 568 g/mol. The molecule has 0 spiro atoms. The number of amides is 1. The number of benzene rings is 2. The molecule has 4 rings (SSSR count). The predicted molar refractivity (Wildman–Crippen MR) is 166 cm³/mol. The van der Waals surface area contributed by atoms with Crippen molar-refractivity contribution in [2.75, 3.05) is 24.7 Å². The predicted octanol–water partition coefficient (Wildman–Crippen LogP) is 6.86. The fraction of sp³-hybridized carbons (Fsp3) is 0.394. The summed E-state index contributed by atoms with van der Waals surface area (Å²) < 4.78 is 16.8. The highest BCUT2D eigenvalue weighted by atomic mass is 32.1. The van der Waals surface area contributed by atoms with Crippen LogP contribution in [0.2, 0.25) is 0 Å². The zero-order valence-corrected chi connectivity index (χ0v) is 26.0. The van der Waals surface area contributed by atoms with Crippen molar-refractivity contribution in [2.24, 2.45) is 5.92 Å². The number of carbonyl (C=O) groups is 3. The largest absolute Gasteiger partial charge is 0.507 e. The maximum Gasteiger partial charge on any atom is 0.350 e. The molecule has 1 atom stereocenters. The molecule has 1 aromatic heterocycles. The van der Waals surface area contributed by atoms with E-state index >= 15 is 0 Å². The third-order valence-electron chi connectivity index (χ3n) is 6.73. The van der Waals surface area contributed by atoms with E-state index in [-0.39, 0.29) is 33.9 Å². The van der Waals surface area contributed by atoms with Gasteiger partial charge in [0.15, 0.2) is 5.13 Å². The van der Waals surface area contributed by atoms with E-state index in [1.807, 2.05) is 20.8 Å². The normalized spacial score (nSPS) is 16.1. The van der Waals surface area contributed by atoms with Gasteiger partial charge in [-0.25, -0.2) is 9.78 Å². The fourth-order valence-electron chi connectivity index (χ4n) is 4.49. The van der Waals surface area contributed by atoms with E-state index in [2.05, 4.69) is 11.9 Å². The SMILES string of the molecule is CCCCOc1ccc(C(O)=C2C(=O)C(=O)N(c3nc(C)c(C(=O)OCC(C)C)s3)[C@H]2c2ccc(OCCC)cc2)cc1. The molecule has 10 heteroatoms. The summed E-state index contributed by atoms with van der Waals surface area (Å²) in [5.74, 6) is -1.14. The van der Waals surface area contributed by atoms with Gasteiger partial charge >= 0.3 is 11.9 Å². The number of ketones is 1. The standard InChI is InChI=1S/C33H38N2O7S/c1-6-8-18-41-25-15-11-23(12-16-25)28(36)26-27(22-9-13-24(14-10-22)40-17-7-2)35(31(38)29(26)37)33-34-21(5)30(43-33)32(39)42-19-20(3)4/h9-16,20,27,36H,6-8,17-19H2,1-5H3/t27-/m0/s1. The molecule has 2 aromatic carbocycles. The van der Waals surface area contributed by atoms with Crippen LogP contribution in [0.4, 0.5) is 5.13 Å². The van der Waals surface area contributed by atoms with Gasteiger partial charge in [0.25, 0.3) is 5.78 Å². The van der Waals surface area contributed by atoms with Gasteiger partial charge in [0.2, 0.25) is 0 Å². The number of anilines is 1. The summed E-state index contributed by atoms with van der Waals surface area (Å²) in [5, 5.41) is 11.6. The second kappa shape index (κ2) is 14.3. The maximum absolute atomic E-state index is 13.6.